The molecule has 0 amide bonds. The minimum absolute atomic E-state index is 0.290. The van der Waals surface area contributed by atoms with Crippen LogP contribution in [0.4, 0.5) is 0 Å². The summed E-state index contributed by atoms with van der Waals surface area (Å²) in [6.45, 7) is 1.80. The molecule has 0 fully saturated rings. The van der Waals surface area contributed by atoms with Crippen molar-refractivity contribution in [1.29, 1.82) is 0 Å². The second-order valence-electron chi connectivity index (χ2n) is 3.55. The van der Waals surface area contributed by atoms with Gasteiger partial charge >= 0.3 is 0 Å². The monoisotopic (exact) mass is 232 g/mol. The van der Waals surface area contributed by atoms with Gasteiger partial charge in [0.05, 0.1) is 0 Å². The zero-order valence-electron chi connectivity index (χ0n) is 7.86. The first kappa shape index (κ1) is 10.1. The average molecular weight is 232 g/mol. The van der Waals surface area contributed by atoms with Crippen molar-refractivity contribution >= 4 is 21.4 Å². The van der Waals surface area contributed by atoms with E-state index in [-0.39, 0.29) is 4.21 Å². The van der Waals surface area contributed by atoms with Crippen LogP contribution in [-0.2, 0) is 23.0 Å². The Morgan fingerprint density at radius 2 is 2.29 bits per heavy atom. The first-order valence-electron chi connectivity index (χ1n) is 4.30. The van der Waals surface area contributed by atoms with Crippen molar-refractivity contribution in [2.75, 3.05) is 13.6 Å². The summed E-state index contributed by atoms with van der Waals surface area (Å²) >= 11 is 1.30. The van der Waals surface area contributed by atoms with E-state index in [1.165, 1.54) is 11.3 Å². The number of primary sulfonamides is 1. The Hall–Kier alpha value is -0.430. The molecular weight excluding hydrogens is 220 g/mol. The zero-order valence-corrected chi connectivity index (χ0v) is 9.49. The van der Waals surface area contributed by atoms with E-state index in [1.54, 1.807) is 6.07 Å². The van der Waals surface area contributed by atoms with Crippen LogP contribution in [0.5, 0.6) is 0 Å². The van der Waals surface area contributed by atoms with Crippen LogP contribution in [-0.4, -0.2) is 26.9 Å². The molecule has 0 radical (unpaired) electrons. The lowest BCUT2D eigenvalue weighted by molar-refractivity contribution is 0.315. The minimum atomic E-state index is -3.51. The van der Waals surface area contributed by atoms with Crippen LogP contribution in [0.2, 0.25) is 0 Å². The van der Waals surface area contributed by atoms with Crippen LogP contribution in [0.25, 0.3) is 0 Å². The Morgan fingerprint density at radius 3 is 2.93 bits per heavy atom. The number of sulfonamides is 1. The quantitative estimate of drug-likeness (QED) is 0.761. The molecule has 0 atom stereocenters. The van der Waals surface area contributed by atoms with Crippen LogP contribution in [0.1, 0.15) is 10.4 Å². The minimum Gasteiger partial charge on any atom is -0.302 e. The van der Waals surface area contributed by atoms with E-state index >= 15 is 0 Å². The van der Waals surface area contributed by atoms with Gasteiger partial charge in [0.15, 0.2) is 0 Å². The third-order valence-corrected chi connectivity index (χ3v) is 4.97. The van der Waals surface area contributed by atoms with Gasteiger partial charge in [-0.25, -0.2) is 13.6 Å². The topological polar surface area (TPSA) is 63.4 Å². The fraction of sp³-hybridized carbons (Fsp3) is 0.500. The van der Waals surface area contributed by atoms with Gasteiger partial charge in [-0.2, -0.15) is 0 Å². The summed E-state index contributed by atoms with van der Waals surface area (Å²) in [7, 11) is -1.49. The molecule has 0 aliphatic carbocycles. The van der Waals surface area contributed by atoms with E-state index < -0.39 is 10.0 Å². The third-order valence-electron chi connectivity index (χ3n) is 2.32. The molecule has 2 rings (SSSR count). The van der Waals surface area contributed by atoms with Crippen molar-refractivity contribution in [3.05, 3.63) is 16.5 Å². The molecule has 2 heterocycles. The van der Waals surface area contributed by atoms with Crippen LogP contribution < -0.4 is 5.14 Å². The number of hydrogen-bond acceptors (Lipinski definition) is 4. The van der Waals surface area contributed by atoms with Crippen LogP contribution in [0, 0.1) is 0 Å². The lowest BCUT2D eigenvalue weighted by Crippen LogP contribution is -2.25. The zero-order chi connectivity index (χ0) is 10.3. The first-order valence-corrected chi connectivity index (χ1v) is 6.66. The van der Waals surface area contributed by atoms with Gasteiger partial charge in [-0.05, 0) is 25.1 Å². The van der Waals surface area contributed by atoms with Gasteiger partial charge in [-0.15, -0.1) is 11.3 Å². The summed E-state index contributed by atoms with van der Waals surface area (Å²) in [6.07, 6.45) is 0.923. The highest BCUT2D eigenvalue weighted by Gasteiger charge is 2.20. The molecule has 1 aromatic heterocycles. The highest BCUT2D eigenvalue weighted by Crippen LogP contribution is 2.29. The largest absolute Gasteiger partial charge is 0.302 e. The smallest absolute Gasteiger partial charge is 0.247 e. The van der Waals surface area contributed by atoms with Gasteiger partial charge in [-0.3, -0.25) is 0 Å². The molecule has 0 spiro atoms. The molecule has 0 bridgehead atoms. The Labute approximate surface area is 87.4 Å². The molecule has 1 aliphatic heterocycles. The van der Waals surface area contributed by atoms with Crippen LogP contribution in [0.15, 0.2) is 10.3 Å². The van der Waals surface area contributed by atoms with Crippen molar-refractivity contribution in [2.24, 2.45) is 5.14 Å². The summed E-state index contributed by atoms with van der Waals surface area (Å²) < 4.78 is 22.5. The molecule has 6 heteroatoms. The molecule has 0 saturated carbocycles. The van der Waals surface area contributed by atoms with Gasteiger partial charge in [-0.1, -0.05) is 0 Å². The number of fused-ring (bicyclic) bond motifs is 1. The van der Waals surface area contributed by atoms with Gasteiger partial charge in [0.25, 0.3) is 0 Å². The van der Waals surface area contributed by atoms with E-state index in [2.05, 4.69) is 4.90 Å². The number of nitrogens with zero attached hydrogens (tertiary/aromatic N) is 1. The number of thiophene rings is 1. The predicted molar refractivity (Wildman–Crippen MR) is 55.7 cm³/mol. The maximum absolute atomic E-state index is 11.1. The highest BCUT2D eigenvalue weighted by atomic mass is 32.2. The molecule has 0 saturated heterocycles. The molecule has 78 valence electrons. The van der Waals surface area contributed by atoms with E-state index in [9.17, 15) is 8.42 Å². The molecule has 0 unspecified atom stereocenters. The van der Waals surface area contributed by atoms with Gasteiger partial charge in [0.1, 0.15) is 4.21 Å². The fourth-order valence-corrected chi connectivity index (χ4v) is 3.55. The molecule has 4 nitrogen and oxygen atoms in total. The molecule has 1 aliphatic rings. The lowest BCUT2D eigenvalue weighted by atomic mass is 10.1. The predicted octanol–water partition coefficient (Wildman–Crippen LogP) is 0.383. The normalized spacial score (nSPS) is 18.1. The second-order valence-corrected chi connectivity index (χ2v) is 6.47. The Balaban J connectivity index is 2.42. The molecular formula is C8H12N2O2S2. The number of hydrogen-bond donors (Lipinski definition) is 1. The first-order chi connectivity index (χ1) is 6.47. The van der Waals surface area contributed by atoms with Crippen molar-refractivity contribution in [2.45, 2.75) is 17.2 Å². The van der Waals surface area contributed by atoms with Gasteiger partial charge in [0, 0.05) is 18.0 Å². The van der Waals surface area contributed by atoms with Gasteiger partial charge in [0.2, 0.25) is 10.0 Å². The van der Waals surface area contributed by atoms with Crippen molar-refractivity contribution < 1.29 is 8.42 Å². The fourth-order valence-electron chi connectivity index (χ4n) is 1.59. The standard InChI is InChI=1S/C8H12N2O2S2/c1-10-3-2-7-6(5-10)4-8(13-7)14(9,11)12/h4H,2-3,5H2,1H3,(H2,9,11,12). The summed E-state index contributed by atoms with van der Waals surface area (Å²) in [5, 5.41) is 5.07. The summed E-state index contributed by atoms with van der Waals surface area (Å²) in [5.74, 6) is 0. The molecule has 1 aromatic rings. The van der Waals surface area contributed by atoms with Crippen molar-refractivity contribution in [1.82, 2.24) is 4.90 Å². The van der Waals surface area contributed by atoms with Gasteiger partial charge < -0.3 is 4.90 Å². The van der Waals surface area contributed by atoms with E-state index in [1.807, 2.05) is 7.05 Å². The maximum atomic E-state index is 11.1. The van der Waals surface area contributed by atoms with Crippen LogP contribution in [0.3, 0.4) is 0 Å². The maximum Gasteiger partial charge on any atom is 0.247 e. The lowest BCUT2D eigenvalue weighted by Gasteiger charge is -2.21. The number of likely N-dealkylation sites (N-methyl/N-ethyl adjacent to an activating group) is 1. The van der Waals surface area contributed by atoms with E-state index in [0.29, 0.717) is 0 Å². The third kappa shape index (κ3) is 1.83. The summed E-state index contributed by atoms with van der Waals surface area (Å²) in [6, 6.07) is 1.70. The SMILES string of the molecule is CN1CCc2sc(S(N)(=O)=O)cc2C1. The highest BCUT2D eigenvalue weighted by molar-refractivity contribution is 7.91. The average Bonchev–Trinajstić information content (AvgIpc) is 2.45. The van der Waals surface area contributed by atoms with Crippen LogP contribution >= 0.6 is 11.3 Å². The Bertz CT molecular complexity index is 450. The molecule has 2 N–H and O–H groups in total. The number of nitrogens with two attached hydrogens (primary N) is 1. The molecule has 14 heavy (non-hydrogen) atoms. The summed E-state index contributed by atoms with van der Waals surface area (Å²) in [4.78, 5) is 3.33. The summed E-state index contributed by atoms with van der Waals surface area (Å²) in [5.41, 5.74) is 1.10. The van der Waals surface area contributed by atoms with E-state index in [4.69, 9.17) is 5.14 Å². The Kier molecular flexibility index (Phi) is 2.38. The number of rotatable bonds is 1. The second kappa shape index (κ2) is 3.30. The Morgan fingerprint density at radius 1 is 1.57 bits per heavy atom. The molecule has 0 aromatic carbocycles. The van der Waals surface area contributed by atoms with Crippen molar-refractivity contribution in [3.8, 4) is 0 Å². The van der Waals surface area contributed by atoms with Crippen molar-refractivity contribution in [3.63, 3.8) is 0 Å². The van der Waals surface area contributed by atoms with E-state index in [0.717, 1.165) is 30.0 Å².